The van der Waals surface area contributed by atoms with Gasteiger partial charge in [0.1, 0.15) is 5.82 Å². The van der Waals surface area contributed by atoms with Crippen LogP contribution in [0.15, 0.2) is 47.4 Å². The van der Waals surface area contributed by atoms with Crippen LogP contribution in [0.4, 0.5) is 17.5 Å². The van der Waals surface area contributed by atoms with Crippen molar-refractivity contribution in [1.29, 1.82) is 0 Å². The minimum absolute atomic E-state index is 0.639. The molecule has 0 aliphatic carbocycles. The number of nitrogens with zero attached hydrogens (tertiary/aromatic N) is 5. The highest BCUT2D eigenvalue weighted by atomic mass is 16.5. The molecule has 0 fully saturated rings. The number of fused-ring (bicyclic) bond motifs is 2. The lowest BCUT2D eigenvalue weighted by molar-refractivity contribution is 0.386. The summed E-state index contributed by atoms with van der Waals surface area (Å²) < 4.78 is 5.22. The second-order valence-corrected chi connectivity index (χ2v) is 5.67. The molecule has 5 rings (SSSR count). The molecular weight excluding hydrogens is 306 g/mol. The van der Waals surface area contributed by atoms with Crippen LogP contribution in [-0.4, -0.2) is 25.3 Å². The van der Waals surface area contributed by atoms with E-state index in [1.807, 2.05) is 24.3 Å². The Morgan fingerprint density at radius 3 is 3.12 bits per heavy atom. The van der Waals surface area contributed by atoms with Crippen LogP contribution in [0.5, 0.6) is 0 Å². The average molecular weight is 319 g/mol. The lowest BCUT2D eigenvalue weighted by Crippen LogP contribution is -2.18. The highest BCUT2D eigenvalue weighted by Crippen LogP contribution is 2.27. The summed E-state index contributed by atoms with van der Waals surface area (Å²) in [5.74, 6) is 2.28. The zero-order valence-electron chi connectivity index (χ0n) is 12.6. The van der Waals surface area contributed by atoms with Crippen LogP contribution in [0.3, 0.4) is 0 Å². The summed E-state index contributed by atoms with van der Waals surface area (Å²) >= 11 is 0. The molecule has 0 radical (unpaired) electrons. The summed E-state index contributed by atoms with van der Waals surface area (Å²) in [5, 5.41) is 15.1. The fraction of sp³-hybridized carbons (Fsp3) is 0.125. The van der Waals surface area contributed by atoms with E-state index in [0.717, 1.165) is 33.7 Å². The third kappa shape index (κ3) is 2.16. The van der Waals surface area contributed by atoms with E-state index in [0.29, 0.717) is 19.0 Å². The molecule has 0 saturated carbocycles. The van der Waals surface area contributed by atoms with Crippen LogP contribution in [0.1, 0.15) is 11.3 Å². The molecule has 0 bridgehead atoms. The summed E-state index contributed by atoms with van der Waals surface area (Å²) in [6, 6.07) is 7.84. The molecule has 24 heavy (non-hydrogen) atoms. The van der Waals surface area contributed by atoms with Gasteiger partial charge in [-0.25, -0.2) is 4.98 Å². The number of H-pyrrole nitrogens is 1. The number of nitrogens with one attached hydrogen (secondary N) is 2. The first kappa shape index (κ1) is 13.1. The molecule has 4 aromatic rings. The molecule has 118 valence electrons. The second-order valence-electron chi connectivity index (χ2n) is 5.67. The molecule has 1 aliphatic rings. The van der Waals surface area contributed by atoms with Crippen molar-refractivity contribution in [2.45, 2.75) is 13.1 Å². The number of aromatic nitrogens is 5. The normalized spacial score (nSPS) is 13.4. The third-order valence-corrected chi connectivity index (χ3v) is 4.06. The molecule has 4 heterocycles. The zero-order chi connectivity index (χ0) is 15.9. The van der Waals surface area contributed by atoms with Gasteiger partial charge in [-0.1, -0.05) is 5.16 Å². The van der Waals surface area contributed by atoms with Gasteiger partial charge in [0, 0.05) is 22.8 Å². The highest BCUT2D eigenvalue weighted by Gasteiger charge is 2.24. The first-order chi connectivity index (χ1) is 11.8. The Morgan fingerprint density at radius 2 is 2.17 bits per heavy atom. The van der Waals surface area contributed by atoms with Crippen molar-refractivity contribution in [2.24, 2.45) is 0 Å². The molecule has 8 nitrogen and oxygen atoms in total. The largest absolute Gasteiger partial charge is 0.359 e. The van der Waals surface area contributed by atoms with Crippen molar-refractivity contribution in [3.8, 4) is 0 Å². The van der Waals surface area contributed by atoms with E-state index in [-0.39, 0.29) is 0 Å². The summed E-state index contributed by atoms with van der Waals surface area (Å²) in [7, 11) is 0. The van der Waals surface area contributed by atoms with Gasteiger partial charge in [-0.15, -0.1) is 0 Å². The van der Waals surface area contributed by atoms with Crippen LogP contribution in [0.2, 0.25) is 0 Å². The lowest BCUT2D eigenvalue weighted by atomic mass is 10.2. The van der Waals surface area contributed by atoms with Crippen molar-refractivity contribution in [3.05, 3.63) is 54.2 Å². The predicted molar refractivity (Wildman–Crippen MR) is 87.8 cm³/mol. The van der Waals surface area contributed by atoms with Crippen LogP contribution in [0, 0.1) is 0 Å². The maximum atomic E-state index is 5.22. The Hall–Kier alpha value is -3.42. The summed E-state index contributed by atoms with van der Waals surface area (Å²) in [4.78, 5) is 11.0. The number of anilines is 3. The van der Waals surface area contributed by atoms with Gasteiger partial charge in [0.2, 0.25) is 5.95 Å². The van der Waals surface area contributed by atoms with Crippen LogP contribution >= 0.6 is 0 Å². The average Bonchev–Trinajstić information content (AvgIpc) is 3.30. The standard InChI is InChI=1S/C16H13N7O/c1-2-13-10(6-18-22-13)5-12(1)20-15-3-4-17-16(21-15)23-8-11-7-19-24-14(11)9-23/h1-7H,8-9H2,(H,18,22)(H,17,20,21). The SMILES string of the molecule is c1cc(Nc2ccc3[nH]ncc3c2)nc(N2Cc3cnoc3C2)n1. The van der Waals surface area contributed by atoms with Crippen molar-refractivity contribution in [2.75, 3.05) is 10.2 Å². The van der Waals surface area contributed by atoms with E-state index >= 15 is 0 Å². The fourth-order valence-corrected chi connectivity index (χ4v) is 2.86. The van der Waals surface area contributed by atoms with E-state index in [4.69, 9.17) is 4.52 Å². The van der Waals surface area contributed by atoms with Crippen molar-refractivity contribution >= 4 is 28.4 Å². The molecule has 8 heteroatoms. The molecule has 0 unspecified atom stereocenters. The van der Waals surface area contributed by atoms with E-state index in [1.165, 1.54) is 0 Å². The quantitative estimate of drug-likeness (QED) is 0.599. The van der Waals surface area contributed by atoms with Gasteiger partial charge in [-0.05, 0) is 24.3 Å². The maximum Gasteiger partial charge on any atom is 0.227 e. The minimum atomic E-state index is 0.639. The molecule has 0 saturated heterocycles. The van der Waals surface area contributed by atoms with Crippen molar-refractivity contribution in [1.82, 2.24) is 25.3 Å². The van der Waals surface area contributed by atoms with Gasteiger partial charge >= 0.3 is 0 Å². The zero-order valence-corrected chi connectivity index (χ0v) is 12.6. The topological polar surface area (TPSA) is 95.8 Å². The molecule has 3 aromatic heterocycles. The monoisotopic (exact) mass is 319 g/mol. The lowest BCUT2D eigenvalue weighted by Gasteiger charge is -2.15. The van der Waals surface area contributed by atoms with Crippen molar-refractivity contribution < 1.29 is 4.52 Å². The maximum absolute atomic E-state index is 5.22. The molecule has 0 spiro atoms. The first-order valence-corrected chi connectivity index (χ1v) is 7.56. The summed E-state index contributed by atoms with van der Waals surface area (Å²) in [6.45, 7) is 1.35. The Labute approximate surface area is 136 Å². The summed E-state index contributed by atoms with van der Waals surface area (Å²) in [6.07, 6.45) is 5.29. The molecular formula is C16H13N7O. The molecule has 1 aliphatic heterocycles. The van der Waals surface area contributed by atoms with Gasteiger partial charge in [0.05, 0.1) is 31.0 Å². The molecule has 0 atom stereocenters. The van der Waals surface area contributed by atoms with E-state index in [2.05, 4.69) is 35.5 Å². The van der Waals surface area contributed by atoms with Gasteiger partial charge in [0.15, 0.2) is 5.76 Å². The fourth-order valence-electron chi connectivity index (χ4n) is 2.86. The summed E-state index contributed by atoms with van der Waals surface area (Å²) in [5.41, 5.74) is 3.04. The Balaban J connectivity index is 1.40. The highest BCUT2D eigenvalue weighted by molar-refractivity contribution is 5.82. The van der Waals surface area contributed by atoms with Gasteiger partial charge < -0.3 is 14.7 Å². The number of benzene rings is 1. The Morgan fingerprint density at radius 1 is 1.17 bits per heavy atom. The van der Waals surface area contributed by atoms with Crippen LogP contribution < -0.4 is 10.2 Å². The van der Waals surface area contributed by atoms with Gasteiger partial charge in [0.25, 0.3) is 0 Å². The number of hydrogen-bond donors (Lipinski definition) is 2. The Kier molecular flexibility index (Phi) is 2.75. The van der Waals surface area contributed by atoms with Crippen LogP contribution in [-0.2, 0) is 13.1 Å². The predicted octanol–water partition coefficient (Wildman–Crippen LogP) is 2.60. The second kappa shape index (κ2) is 5.05. The smallest absolute Gasteiger partial charge is 0.227 e. The van der Waals surface area contributed by atoms with Crippen LogP contribution in [0.25, 0.3) is 10.9 Å². The van der Waals surface area contributed by atoms with E-state index < -0.39 is 0 Å². The first-order valence-electron chi connectivity index (χ1n) is 7.56. The molecule has 1 aromatic carbocycles. The molecule has 2 N–H and O–H groups in total. The van der Waals surface area contributed by atoms with Crippen molar-refractivity contribution in [3.63, 3.8) is 0 Å². The number of aromatic amines is 1. The van der Waals surface area contributed by atoms with E-state index in [9.17, 15) is 0 Å². The Bertz CT molecular complexity index is 1000. The molecule has 0 amide bonds. The minimum Gasteiger partial charge on any atom is -0.359 e. The van der Waals surface area contributed by atoms with Gasteiger partial charge in [-0.3, -0.25) is 5.10 Å². The number of rotatable bonds is 3. The van der Waals surface area contributed by atoms with Gasteiger partial charge in [-0.2, -0.15) is 10.1 Å². The van der Waals surface area contributed by atoms with E-state index in [1.54, 1.807) is 18.6 Å². The third-order valence-electron chi connectivity index (χ3n) is 4.06. The number of hydrogen-bond acceptors (Lipinski definition) is 7.